The van der Waals surface area contributed by atoms with Crippen LogP contribution in [0.4, 0.5) is 17.6 Å². The summed E-state index contributed by atoms with van der Waals surface area (Å²) in [6.07, 6.45) is 1.51. The number of nitrogens with one attached hydrogen (secondary N) is 1. The highest BCUT2D eigenvalue weighted by Gasteiger charge is 2.10. The first kappa shape index (κ1) is 19.7. The van der Waals surface area contributed by atoms with Crippen LogP contribution in [0.2, 0.25) is 0 Å². The molecule has 0 unspecified atom stereocenters. The lowest BCUT2D eigenvalue weighted by Gasteiger charge is -2.23. The minimum absolute atomic E-state index is 0.483. The van der Waals surface area contributed by atoms with Crippen molar-refractivity contribution in [2.45, 2.75) is 13.8 Å². The minimum Gasteiger partial charge on any atom is -0.493 e. The Hall–Kier alpha value is -2.61. The summed E-state index contributed by atoms with van der Waals surface area (Å²) in [6, 6.07) is 5.56. The Labute approximate surface area is 155 Å². The van der Waals surface area contributed by atoms with Crippen LogP contribution in [-0.4, -0.2) is 67.3 Å². The maximum absolute atomic E-state index is 5.32. The molecule has 0 amide bonds. The lowest BCUT2D eigenvalue weighted by atomic mass is 10.3. The average Bonchev–Trinajstić information content (AvgIpc) is 2.68. The number of likely N-dealkylation sites (N-methyl/N-ethyl adjacent to an activating group) is 2. The zero-order valence-electron chi connectivity index (χ0n) is 16.2. The van der Waals surface area contributed by atoms with E-state index in [0.29, 0.717) is 23.4 Å². The monoisotopic (exact) mass is 360 g/mol. The summed E-state index contributed by atoms with van der Waals surface area (Å²) in [5.74, 6) is 2.43. The van der Waals surface area contributed by atoms with Gasteiger partial charge in [0, 0.05) is 31.9 Å². The largest absolute Gasteiger partial charge is 0.493 e. The Morgan fingerprint density at radius 3 is 2.38 bits per heavy atom. The molecule has 26 heavy (non-hydrogen) atoms. The molecule has 1 aromatic carbocycles. The fraction of sp³-hybridized carbons (Fsp3) is 0.500. The summed E-state index contributed by atoms with van der Waals surface area (Å²) >= 11 is 0. The third kappa shape index (κ3) is 5.19. The van der Waals surface area contributed by atoms with E-state index in [-0.39, 0.29) is 0 Å². The first-order chi connectivity index (χ1) is 12.6. The van der Waals surface area contributed by atoms with Crippen LogP contribution >= 0.6 is 0 Å². The van der Waals surface area contributed by atoms with E-state index in [1.165, 1.54) is 6.33 Å². The number of hydrogen-bond acceptors (Lipinski definition) is 8. The molecular formula is C18H28N6O2. The Morgan fingerprint density at radius 2 is 1.73 bits per heavy atom. The van der Waals surface area contributed by atoms with Gasteiger partial charge in [-0.3, -0.25) is 0 Å². The van der Waals surface area contributed by atoms with Gasteiger partial charge in [-0.2, -0.15) is 4.98 Å². The van der Waals surface area contributed by atoms with Gasteiger partial charge in [-0.25, -0.2) is 9.97 Å². The zero-order valence-corrected chi connectivity index (χ0v) is 16.2. The highest BCUT2D eigenvalue weighted by Crippen LogP contribution is 2.30. The lowest BCUT2D eigenvalue weighted by Crippen LogP contribution is -2.33. The zero-order chi connectivity index (χ0) is 18.9. The molecular weight excluding hydrogens is 332 g/mol. The van der Waals surface area contributed by atoms with Crippen molar-refractivity contribution in [3.63, 3.8) is 0 Å². The van der Waals surface area contributed by atoms with E-state index in [4.69, 9.17) is 9.47 Å². The van der Waals surface area contributed by atoms with Gasteiger partial charge in [0.05, 0.1) is 14.2 Å². The first-order valence-electron chi connectivity index (χ1n) is 8.72. The summed E-state index contributed by atoms with van der Waals surface area (Å²) in [4.78, 5) is 17.4. The highest BCUT2D eigenvalue weighted by molar-refractivity contribution is 5.60. The number of benzene rings is 1. The second kappa shape index (κ2) is 9.76. The molecule has 0 saturated heterocycles. The number of anilines is 3. The molecule has 8 heteroatoms. The van der Waals surface area contributed by atoms with Crippen molar-refractivity contribution in [2.24, 2.45) is 0 Å². The standard InChI is InChI=1S/C18H28N6O2/c1-6-24(7-2)11-10-23(3)18-20-13-19-17(22-18)21-14-8-9-15(25-4)16(12-14)26-5/h8-9,12-13H,6-7,10-11H2,1-5H3,(H,19,20,21,22). The Balaban J connectivity index is 2.06. The van der Waals surface area contributed by atoms with Crippen molar-refractivity contribution in [3.8, 4) is 11.5 Å². The molecule has 0 aliphatic carbocycles. The molecule has 0 bridgehead atoms. The molecule has 2 aromatic rings. The maximum Gasteiger partial charge on any atom is 0.232 e. The molecule has 0 radical (unpaired) electrons. The summed E-state index contributed by atoms with van der Waals surface area (Å²) in [6.45, 7) is 8.21. The fourth-order valence-corrected chi connectivity index (χ4v) is 2.51. The minimum atomic E-state index is 0.483. The van der Waals surface area contributed by atoms with Crippen LogP contribution in [0.3, 0.4) is 0 Å². The third-order valence-electron chi connectivity index (χ3n) is 4.19. The number of methoxy groups -OCH3 is 2. The predicted molar refractivity (Wildman–Crippen MR) is 104 cm³/mol. The molecule has 0 aliphatic rings. The number of rotatable bonds is 10. The SMILES string of the molecule is CCN(CC)CCN(C)c1ncnc(Nc2ccc(OC)c(OC)c2)n1. The second-order valence-corrected chi connectivity index (χ2v) is 5.75. The third-order valence-corrected chi connectivity index (χ3v) is 4.19. The van der Waals surface area contributed by atoms with Gasteiger partial charge in [0.1, 0.15) is 6.33 Å². The van der Waals surface area contributed by atoms with Gasteiger partial charge in [-0.15, -0.1) is 0 Å². The van der Waals surface area contributed by atoms with Crippen LogP contribution in [0.1, 0.15) is 13.8 Å². The molecule has 2 rings (SSSR count). The summed E-state index contributed by atoms with van der Waals surface area (Å²) < 4.78 is 10.6. The van der Waals surface area contributed by atoms with E-state index in [2.05, 4.69) is 39.0 Å². The van der Waals surface area contributed by atoms with Gasteiger partial charge in [0.2, 0.25) is 11.9 Å². The Bertz CT molecular complexity index is 693. The molecule has 0 atom stereocenters. The van der Waals surface area contributed by atoms with E-state index < -0.39 is 0 Å². The number of ether oxygens (including phenoxy) is 2. The summed E-state index contributed by atoms with van der Waals surface area (Å²) in [7, 11) is 5.20. The molecule has 0 spiro atoms. The van der Waals surface area contributed by atoms with Crippen molar-refractivity contribution in [3.05, 3.63) is 24.5 Å². The highest BCUT2D eigenvalue weighted by atomic mass is 16.5. The molecule has 142 valence electrons. The van der Waals surface area contributed by atoms with Crippen LogP contribution in [0.5, 0.6) is 11.5 Å². The molecule has 0 aliphatic heterocycles. The van der Waals surface area contributed by atoms with Gasteiger partial charge in [0.25, 0.3) is 0 Å². The number of hydrogen-bond donors (Lipinski definition) is 1. The second-order valence-electron chi connectivity index (χ2n) is 5.75. The first-order valence-corrected chi connectivity index (χ1v) is 8.72. The lowest BCUT2D eigenvalue weighted by molar-refractivity contribution is 0.310. The van der Waals surface area contributed by atoms with E-state index in [1.807, 2.05) is 30.1 Å². The van der Waals surface area contributed by atoms with Crippen molar-refractivity contribution >= 4 is 17.6 Å². The van der Waals surface area contributed by atoms with Gasteiger partial charge in [0.15, 0.2) is 11.5 Å². The normalized spacial score (nSPS) is 10.7. The topological polar surface area (TPSA) is 75.6 Å². The summed E-state index contributed by atoms with van der Waals surface area (Å²) in [5.41, 5.74) is 0.811. The van der Waals surface area contributed by atoms with E-state index in [0.717, 1.165) is 31.9 Å². The predicted octanol–water partition coefficient (Wildman–Crippen LogP) is 2.41. The molecule has 0 fully saturated rings. The average molecular weight is 360 g/mol. The van der Waals surface area contributed by atoms with Crippen LogP contribution in [0.25, 0.3) is 0 Å². The van der Waals surface area contributed by atoms with Crippen LogP contribution in [0.15, 0.2) is 24.5 Å². The smallest absolute Gasteiger partial charge is 0.232 e. The van der Waals surface area contributed by atoms with E-state index in [9.17, 15) is 0 Å². The quantitative estimate of drug-likeness (QED) is 0.692. The van der Waals surface area contributed by atoms with E-state index >= 15 is 0 Å². The van der Waals surface area contributed by atoms with Crippen LogP contribution in [-0.2, 0) is 0 Å². The van der Waals surface area contributed by atoms with Crippen molar-refractivity contribution in [2.75, 3.05) is 57.7 Å². The van der Waals surface area contributed by atoms with Crippen molar-refractivity contribution in [1.29, 1.82) is 0 Å². The summed E-state index contributed by atoms with van der Waals surface area (Å²) in [5, 5.41) is 3.18. The van der Waals surface area contributed by atoms with Crippen molar-refractivity contribution < 1.29 is 9.47 Å². The Morgan fingerprint density at radius 1 is 1.00 bits per heavy atom. The molecule has 1 aromatic heterocycles. The molecule has 8 nitrogen and oxygen atoms in total. The van der Waals surface area contributed by atoms with Crippen LogP contribution in [0, 0.1) is 0 Å². The fourth-order valence-electron chi connectivity index (χ4n) is 2.51. The molecule has 1 N–H and O–H groups in total. The Kier molecular flexibility index (Phi) is 7.40. The van der Waals surface area contributed by atoms with Gasteiger partial charge in [-0.05, 0) is 25.2 Å². The van der Waals surface area contributed by atoms with Crippen LogP contribution < -0.4 is 19.7 Å². The van der Waals surface area contributed by atoms with Crippen molar-refractivity contribution in [1.82, 2.24) is 19.9 Å². The molecule has 1 heterocycles. The number of aromatic nitrogens is 3. The molecule has 0 saturated carbocycles. The number of nitrogens with zero attached hydrogens (tertiary/aromatic N) is 5. The maximum atomic E-state index is 5.32. The van der Waals surface area contributed by atoms with Gasteiger partial charge >= 0.3 is 0 Å². The van der Waals surface area contributed by atoms with Gasteiger partial charge < -0.3 is 24.6 Å². The van der Waals surface area contributed by atoms with E-state index in [1.54, 1.807) is 14.2 Å². The van der Waals surface area contributed by atoms with Gasteiger partial charge in [-0.1, -0.05) is 13.8 Å².